The van der Waals surface area contributed by atoms with Gasteiger partial charge in [-0.1, -0.05) is 12.7 Å². The van der Waals surface area contributed by atoms with Crippen molar-refractivity contribution in [3.05, 3.63) is 95.8 Å². The Morgan fingerprint density at radius 2 is 1.68 bits per heavy atom. The predicted octanol–water partition coefficient (Wildman–Crippen LogP) is 4.42. The molecule has 0 aliphatic heterocycles. The van der Waals surface area contributed by atoms with Gasteiger partial charge in [-0.15, -0.1) is 0 Å². The van der Waals surface area contributed by atoms with E-state index < -0.39 is 0 Å². The lowest BCUT2D eigenvalue weighted by Gasteiger charge is -2.10. The molecule has 0 radical (unpaired) electrons. The van der Waals surface area contributed by atoms with Crippen molar-refractivity contribution in [3.8, 4) is 11.4 Å². The number of nitrogens with zero attached hydrogens (tertiary/aromatic N) is 2. The van der Waals surface area contributed by atoms with Crippen molar-refractivity contribution in [2.45, 2.75) is 13.8 Å². The highest BCUT2D eigenvalue weighted by Gasteiger charge is 2.07. The molecule has 0 aliphatic rings. The van der Waals surface area contributed by atoms with Crippen LogP contribution >= 0.6 is 0 Å². The Kier molecular flexibility index (Phi) is 6.07. The van der Waals surface area contributed by atoms with Crippen LogP contribution in [0.5, 0.6) is 5.75 Å². The molecule has 3 rings (SSSR count). The van der Waals surface area contributed by atoms with Crippen molar-refractivity contribution in [2.75, 3.05) is 6.61 Å². The van der Waals surface area contributed by atoms with Gasteiger partial charge in [0, 0.05) is 22.6 Å². The lowest BCUT2D eigenvalue weighted by Crippen LogP contribution is -2.17. The van der Waals surface area contributed by atoms with E-state index in [1.807, 2.05) is 36.4 Å². The minimum Gasteiger partial charge on any atom is -0.490 e. The number of ether oxygens (including phenoxy) is 1. The molecule has 1 aromatic heterocycles. The van der Waals surface area contributed by atoms with Gasteiger partial charge in [-0.3, -0.25) is 4.79 Å². The largest absolute Gasteiger partial charge is 0.490 e. The van der Waals surface area contributed by atoms with Crippen LogP contribution in [0, 0.1) is 13.8 Å². The quantitative estimate of drug-likeness (QED) is 0.379. The third-order valence-electron chi connectivity index (χ3n) is 4.29. The van der Waals surface area contributed by atoms with E-state index in [0.717, 1.165) is 28.4 Å². The first kappa shape index (κ1) is 19.2. The van der Waals surface area contributed by atoms with Crippen molar-refractivity contribution in [2.24, 2.45) is 5.10 Å². The molecule has 0 saturated carbocycles. The summed E-state index contributed by atoms with van der Waals surface area (Å²) in [6.45, 7) is 8.19. The molecule has 1 heterocycles. The van der Waals surface area contributed by atoms with Crippen LogP contribution in [0.2, 0.25) is 0 Å². The molecule has 0 fully saturated rings. The number of hydrogen-bond donors (Lipinski definition) is 1. The molecule has 3 aromatic rings. The third kappa shape index (κ3) is 4.57. The van der Waals surface area contributed by atoms with E-state index in [4.69, 9.17) is 4.74 Å². The molecule has 142 valence electrons. The van der Waals surface area contributed by atoms with Gasteiger partial charge >= 0.3 is 0 Å². The molecule has 0 atom stereocenters. The Labute approximate surface area is 165 Å². The molecule has 5 nitrogen and oxygen atoms in total. The van der Waals surface area contributed by atoms with Crippen LogP contribution in [0.3, 0.4) is 0 Å². The first-order valence-electron chi connectivity index (χ1n) is 9.01. The minimum absolute atomic E-state index is 0.255. The molecule has 0 aliphatic carbocycles. The molecule has 5 heteroatoms. The van der Waals surface area contributed by atoms with Crippen LogP contribution < -0.4 is 10.2 Å². The van der Waals surface area contributed by atoms with Crippen molar-refractivity contribution in [1.82, 2.24) is 9.99 Å². The highest BCUT2D eigenvalue weighted by Crippen LogP contribution is 2.17. The van der Waals surface area contributed by atoms with Crippen molar-refractivity contribution in [1.29, 1.82) is 0 Å². The van der Waals surface area contributed by atoms with Gasteiger partial charge in [0.25, 0.3) is 5.91 Å². The smallest absolute Gasteiger partial charge is 0.271 e. The molecule has 2 aromatic carbocycles. The van der Waals surface area contributed by atoms with Gasteiger partial charge < -0.3 is 9.30 Å². The Balaban J connectivity index is 1.60. The van der Waals surface area contributed by atoms with Crippen LogP contribution in [0.15, 0.2) is 78.4 Å². The maximum Gasteiger partial charge on any atom is 0.271 e. The van der Waals surface area contributed by atoms with Gasteiger partial charge in [-0.05, 0) is 80.1 Å². The van der Waals surface area contributed by atoms with E-state index in [2.05, 4.69) is 47.7 Å². The number of benzene rings is 2. The first-order valence-corrected chi connectivity index (χ1v) is 9.01. The van der Waals surface area contributed by atoms with Gasteiger partial charge in [-0.2, -0.15) is 5.10 Å². The summed E-state index contributed by atoms with van der Waals surface area (Å²) >= 11 is 0. The number of carbonyl (C=O) groups excluding carboxylic acids is 1. The second-order valence-electron chi connectivity index (χ2n) is 6.37. The number of hydrazone groups is 1. The summed E-state index contributed by atoms with van der Waals surface area (Å²) in [5.74, 6) is 0.504. The molecule has 0 spiro atoms. The predicted molar refractivity (Wildman–Crippen MR) is 112 cm³/mol. The Bertz CT molecular complexity index is 964. The zero-order chi connectivity index (χ0) is 19.9. The van der Waals surface area contributed by atoms with Crippen LogP contribution in [0.4, 0.5) is 0 Å². The average Bonchev–Trinajstić information content (AvgIpc) is 3.05. The SMILES string of the molecule is C=CCOc1ccc(C=NNC(=O)c2ccc(-n3c(C)ccc3C)cc2)cc1. The summed E-state index contributed by atoms with van der Waals surface area (Å²) in [4.78, 5) is 12.3. The third-order valence-corrected chi connectivity index (χ3v) is 4.29. The number of aromatic nitrogens is 1. The Morgan fingerprint density at radius 1 is 1.04 bits per heavy atom. The van der Waals surface area contributed by atoms with Crippen molar-refractivity contribution in [3.63, 3.8) is 0 Å². The van der Waals surface area contributed by atoms with Gasteiger partial charge in [0.2, 0.25) is 0 Å². The van der Waals surface area contributed by atoms with E-state index in [1.54, 1.807) is 24.4 Å². The molecule has 0 bridgehead atoms. The fraction of sp³-hybridized carbons (Fsp3) is 0.130. The number of nitrogens with one attached hydrogen (secondary N) is 1. The fourth-order valence-electron chi connectivity index (χ4n) is 2.87. The summed E-state index contributed by atoms with van der Waals surface area (Å²) in [5, 5.41) is 4.02. The maximum absolute atomic E-state index is 12.3. The number of hydrogen-bond acceptors (Lipinski definition) is 3. The summed E-state index contributed by atoms with van der Waals surface area (Å²) in [6, 6.07) is 19.0. The zero-order valence-corrected chi connectivity index (χ0v) is 16.1. The number of amides is 1. The van der Waals surface area contributed by atoms with Crippen LogP contribution in [0.1, 0.15) is 27.3 Å². The monoisotopic (exact) mass is 373 g/mol. The molecule has 1 N–H and O–H groups in total. The van der Waals surface area contributed by atoms with Gasteiger partial charge in [0.05, 0.1) is 6.21 Å². The molecule has 0 saturated heterocycles. The topological polar surface area (TPSA) is 55.6 Å². The molecular formula is C23H23N3O2. The fourth-order valence-corrected chi connectivity index (χ4v) is 2.87. The van der Waals surface area contributed by atoms with Gasteiger partial charge in [0.15, 0.2) is 0 Å². The number of rotatable bonds is 7. The Morgan fingerprint density at radius 3 is 2.29 bits per heavy atom. The standard InChI is InChI=1S/C23H23N3O2/c1-4-15-28-22-13-7-19(8-14-22)16-24-25-23(27)20-9-11-21(12-10-20)26-17(2)5-6-18(26)3/h4-14,16H,1,15H2,2-3H3,(H,25,27). The second-order valence-corrected chi connectivity index (χ2v) is 6.37. The van der Waals surface area contributed by atoms with E-state index in [9.17, 15) is 4.79 Å². The molecule has 28 heavy (non-hydrogen) atoms. The van der Waals surface area contributed by atoms with Crippen molar-refractivity contribution < 1.29 is 9.53 Å². The van der Waals surface area contributed by atoms with Gasteiger partial charge in [-0.25, -0.2) is 5.43 Å². The summed E-state index contributed by atoms with van der Waals surface area (Å²) in [5.41, 5.74) is 7.30. The second kappa shape index (κ2) is 8.86. The van der Waals surface area contributed by atoms with E-state index >= 15 is 0 Å². The van der Waals surface area contributed by atoms with Crippen LogP contribution in [0.25, 0.3) is 5.69 Å². The summed E-state index contributed by atoms with van der Waals surface area (Å²) in [7, 11) is 0. The highest BCUT2D eigenvalue weighted by atomic mass is 16.5. The number of aryl methyl sites for hydroxylation is 2. The normalized spacial score (nSPS) is 10.8. The zero-order valence-electron chi connectivity index (χ0n) is 16.1. The van der Waals surface area contributed by atoms with E-state index in [0.29, 0.717) is 12.2 Å². The lowest BCUT2D eigenvalue weighted by molar-refractivity contribution is 0.0955. The van der Waals surface area contributed by atoms with Crippen LogP contribution in [-0.2, 0) is 0 Å². The summed E-state index contributed by atoms with van der Waals surface area (Å²) < 4.78 is 7.57. The van der Waals surface area contributed by atoms with Gasteiger partial charge in [0.1, 0.15) is 12.4 Å². The molecule has 1 amide bonds. The lowest BCUT2D eigenvalue weighted by atomic mass is 10.2. The first-order chi connectivity index (χ1) is 13.6. The minimum atomic E-state index is -0.255. The summed E-state index contributed by atoms with van der Waals surface area (Å²) in [6.07, 6.45) is 3.29. The molecular weight excluding hydrogens is 350 g/mol. The van der Waals surface area contributed by atoms with Crippen molar-refractivity contribution >= 4 is 12.1 Å². The van der Waals surface area contributed by atoms with Crippen LogP contribution in [-0.4, -0.2) is 23.3 Å². The molecule has 0 unspecified atom stereocenters. The maximum atomic E-state index is 12.3. The number of carbonyl (C=O) groups is 1. The average molecular weight is 373 g/mol. The Hall–Kier alpha value is -3.60. The van der Waals surface area contributed by atoms with E-state index in [-0.39, 0.29) is 5.91 Å². The highest BCUT2D eigenvalue weighted by molar-refractivity contribution is 5.95. The van der Waals surface area contributed by atoms with E-state index in [1.165, 1.54) is 0 Å².